The van der Waals surface area contributed by atoms with Gasteiger partial charge < -0.3 is 9.80 Å². The van der Waals surface area contributed by atoms with Gasteiger partial charge in [-0.05, 0) is 37.1 Å². The molecule has 3 aromatic carbocycles. The predicted octanol–water partition coefficient (Wildman–Crippen LogP) is 5.36. The number of piperazine rings is 1. The SMILES string of the molecule is Cc1nn(-c2ccccc2)c(C)c1N1CCN(C(=O)CC(c2ccccc2)c2ccccc2)CC1. The Hall–Kier alpha value is -3.86. The lowest BCUT2D eigenvalue weighted by molar-refractivity contribution is -0.131. The van der Waals surface area contributed by atoms with Crippen molar-refractivity contribution in [3.63, 3.8) is 0 Å². The van der Waals surface area contributed by atoms with Crippen molar-refractivity contribution in [3.8, 4) is 5.69 Å². The zero-order valence-corrected chi connectivity index (χ0v) is 20.5. The van der Waals surface area contributed by atoms with Gasteiger partial charge in [-0.3, -0.25) is 4.79 Å². The summed E-state index contributed by atoms with van der Waals surface area (Å²) in [6, 6.07) is 31.0. The van der Waals surface area contributed by atoms with Crippen LogP contribution in [0.5, 0.6) is 0 Å². The van der Waals surface area contributed by atoms with Crippen LogP contribution in [0, 0.1) is 13.8 Å². The van der Waals surface area contributed by atoms with Crippen molar-refractivity contribution in [3.05, 3.63) is 114 Å². The third-order valence-corrected chi connectivity index (χ3v) is 6.99. The van der Waals surface area contributed by atoms with Crippen molar-refractivity contribution in [2.75, 3.05) is 31.1 Å². The molecular formula is C30H32N4O. The molecule has 1 saturated heterocycles. The van der Waals surface area contributed by atoms with E-state index in [9.17, 15) is 4.79 Å². The van der Waals surface area contributed by atoms with E-state index in [-0.39, 0.29) is 11.8 Å². The molecule has 0 N–H and O–H groups in total. The molecule has 0 spiro atoms. The van der Waals surface area contributed by atoms with Crippen LogP contribution in [0.3, 0.4) is 0 Å². The van der Waals surface area contributed by atoms with Gasteiger partial charge in [0.1, 0.15) is 0 Å². The summed E-state index contributed by atoms with van der Waals surface area (Å²) in [6.07, 6.45) is 0.484. The van der Waals surface area contributed by atoms with Crippen molar-refractivity contribution in [1.82, 2.24) is 14.7 Å². The molecule has 0 saturated carbocycles. The average molecular weight is 465 g/mol. The highest BCUT2D eigenvalue weighted by Crippen LogP contribution is 2.30. The van der Waals surface area contributed by atoms with Crippen LogP contribution in [0.1, 0.15) is 34.9 Å². The van der Waals surface area contributed by atoms with Gasteiger partial charge in [0.2, 0.25) is 5.91 Å². The topological polar surface area (TPSA) is 41.4 Å². The van der Waals surface area contributed by atoms with Gasteiger partial charge in [-0.25, -0.2) is 4.68 Å². The molecule has 0 atom stereocenters. The van der Waals surface area contributed by atoms with Crippen molar-refractivity contribution in [1.29, 1.82) is 0 Å². The number of benzene rings is 3. The number of para-hydroxylation sites is 1. The van der Waals surface area contributed by atoms with E-state index in [2.05, 4.69) is 79.4 Å². The standard InChI is InChI=1S/C30H32N4O/c1-23-30(24(2)34(31-23)27-16-10-5-11-17-27)33-20-18-32(19-21-33)29(35)22-28(25-12-6-3-7-13-25)26-14-8-4-9-15-26/h3-17,28H,18-22H2,1-2H3. The first-order chi connectivity index (χ1) is 17.1. The fraction of sp³-hybridized carbons (Fsp3) is 0.267. The number of anilines is 1. The smallest absolute Gasteiger partial charge is 0.223 e. The number of carbonyl (C=O) groups is 1. The maximum absolute atomic E-state index is 13.4. The van der Waals surface area contributed by atoms with Crippen LogP contribution >= 0.6 is 0 Å². The Bertz CT molecular complexity index is 1220. The van der Waals surface area contributed by atoms with Crippen LogP contribution in [-0.4, -0.2) is 46.8 Å². The van der Waals surface area contributed by atoms with E-state index in [0.29, 0.717) is 6.42 Å². The maximum atomic E-state index is 13.4. The van der Waals surface area contributed by atoms with E-state index in [1.54, 1.807) is 0 Å². The molecular weight excluding hydrogens is 432 g/mol. The number of aromatic nitrogens is 2. The second-order valence-electron chi connectivity index (χ2n) is 9.21. The van der Waals surface area contributed by atoms with Gasteiger partial charge in [-0.15, -0.1) is 0 Å². The van der Waals surface area contributed by atoms with Gasteiger partial charge in [0, 0.05) is 38.5 Å². The van der Waals surface area contributed by atoms with Crippen molar-refractivity contribution in [2.24, 2.45) is 0 Å². The van der Waals surface area contributed by atoms with E-state index >= 15 is 0 Å². The summed E-state index contributed by atoms with van der Waals surface area (Å²) in [5.74, 6) is 0.285. The van der Waals surface area contributed by atoms with Gasteiger partial charge in [0.25, 0.3) is 0 Å². The van der Waals surface area contributed by atoms with E-state index < -0.39 is 0 Å². The summed E-state index contributed by atoms with van der Waals surface area (Å²) < 4.78 is 2.02. The Balaban J connectivity index is 1.28. The molecule has 5 heteroatoms. The number of aryl methyl sites for hydroxylation is 1. The molecule has 1 aliphatic heterocycles. The van der Waals surface area contributed by atoms with Gasteiger partial charge in [-0.1, -0.05) is 78.9 Å². The van der Waals surface area contributed by atoms with Gasteiger partial charge in [-0.2, -0.15) is 5.10 Å². The zero-order valence-electron chi connectivity index (χ0n) is 20.5. The summed E-state index contributed by atoms with van der Waals surface area (Å²) in [6.45, 7) is 7.29. The Labute approximate surface area is 207 Å². The molecule has 1 amide bonds. The fourth-order valence-electron chi connectivity index (χ4n) is 5.19. The molecule has 4 aromatic rings. The molecule has 0 radical (unpaired) electrons. The Kier molecular flexibility index (Phi) is 6.66. The highest BCUT2D eigenvalue weighted by Gasteiger charge is 2.27. The minimum Gasteiger partial charge on any atom is -0.365 e. The molecule has 0 bridgehead atoms. The van der Waals surface area contributed by atoms with Crippen LogP contribution in [-0.2, 0) is 4.79 Å². The van der Waals surface area contributed by atoms with E-state index in [4.69, 9.17) is 5.10 Å². The molecule has 1 aliphatic rings. The summed E-state index contributed by atoms with van der Waals surface area (Å²) in [4.78, 5) is 17.8. The number of carbonyl (C=O) groups excluding carboxylic acids is 1. The first kappa shape index (κ1) is 22.9. The Morgan fingerprint density at radius 1 is 0.771 bits per heavy atom. The minimum absolute atomic E-state index is 0.0662. The Morgan fingerprint density at radius 3 is 1.83 bits per heavy atom. The van der Waals surface area contributed by atoms with Gasteiger partial charge >= 0.3 is 0 Å². The van der Waals surface area contributed by atoms with Crippen molar-refractivity contribution >= 4 is 11.6 Å². The second kappa shape index (κ2) is 10.2. The minimum atomic E-state index is 0.0662. The molecule has 35 heavy (non-hydrogen) atoms. The van der Waals surface area contributed by atoms with Crippen molar-refractivity contribution in [2.45, 2.75) is 26.2 Å². The monoisotopic (exact) mass is 464 g/mol. The predicted molar refractivity (Wildman–Crippen MR) is 141 cm³/mol. The van der Waals surface area contributed by atoms with Gasteiger partial charge in [0.05, 0.1) is 22.8 Å². The molecule has 5 nitrogen and oxygen atoms in total. The number of hydrogen-bond donors (Lipinski definition) is 0. The first-order valence-electron chi connectivity index (χ1n) is 12.4. The number of amides is 1. The lowest BCUT2D eigenvalue weighted by Gasteiger charge is -2.37. The van der Waals surface area contributed by atoms with Crippen LogP contribution in [0.15, 0.2) is 91.0 Å². The van der Waals surface area contributed by atoms with E-state index in [1.165, 1.54) is 16.8 Å². The lowest BCUT2D eigenvalue weighted by atomic mass is 9.88. The van der Waals surface area contributed by atoms with Crippen LogP contribution < -0.4 is 4.90 Å². The lowest BCUT2D eigenvalue weighted by Crippen LogP contribution is -2.49. The number of rotatable bonds is 6. The molecule has 2 heterocycles. The summed E-state index contributed by atoms with van der Waals surface area (Å²) >= 11 is 0. The maximum Gasteiger partial charge on any atom is 0.223 e. The van der Waals surface area contributed by atoms with Gasteiger partial charge in [0.15, 0.2) is 0 Å². The van der Waals surface area contributed by atoms with Crippen LogP contribution in [0.4, 0.5) is 5.69 Å². The first-order valence-corrected chi connectivity index (χ1v) is 12.4. The summed E-state index contributed by atoms with van der Waals surface area (Å²) in [5, 5.41) is 4.81. The number of hydrogen-bond acceptors (Lipinski definition) is 3. The molecule has 5 rings (SSSR count). The third kappa shape index (κ3) is 4.85. The summed E-state index contributed by atoms with van der Waals surface area (Å²) in [7, 11) is 0. The second-order valence-corrected chi connectivity index (χ2v) is 9.21. The van der Waals surface area contributed by atoms with Crippen LogP contribution in [0.25, 0.3) is 5.69 Å². The number of nitrogens with zero attached hydrogens (tertiary/aromatic N) is 4. The zero-order chi connectivity index (χ0) is 24.2. The molecule has 0 unspecified atom stereocenters. The van der Waals surface area contributed by atoms with E-state index in [1.807, 2.05) is 39.9 Å². The summed E-state index contributed by atoms with van der Waals surface area (Å²) in [5.41, 5.74) is 6.80. The Morgan fingerprint density at radius 2 is 1.29 bits per heavy atom. The highest BCUT2D eigenvalue weighted by atomic mass is 16.2. The van der Waals surface area contributed by atoms with E-state index in [0.717, 1.165) is 43.3 Å². The molecule has 1 fully saturated rings. The molecule has 0 aliphatic carbocycles. The third-order valence-electron chi connectivity index (χ3n) is 6.99. The molecule has 178 valence electrons. The average Bonchev–Trinajstić information content (AvgIpc) is 3.22. The quantitative estimate of drug-likeness (QED) is 0.386. The molecule has 1 aromatic heterocycles. The highest BCUT2D eigenvalue weighted by molar-refractivity contribution is 5.78. The van der Waals surface area contributed by atoms with Crippen LogP contribution in [0.2, 0.25) is 0 Å². The normalized spacial score (nSPS) is 13.9. The van der Waals surface area contributed by atoms with Crippen molar-refractivity contribution < 1.29 is 4.79 Å². The largest absolute Gasteiger partial charge is 0.365 e. The fourth-order valence-corrected chi connectivity index (χ4v) is 5.19.